The molecule has 112 valence electrons. The van der Waals surface area contributed by atoms with E-state index in [1.54, 1.807) is 0 Å². The van der Waals surface area contributed by atoms with Gasteiger partial charge in [-0.3, -0.25) is 0 Å². The van der Waals surface area contributed by atoms with Crippen LogP contribution in [0, 0.1) is 11.8 Å². The Bertz CT molecular complexity index is 261. The van der Waals surface area contributed by atoms with E-state index < -0.39 is 0 Å². The third kappa shape index (κ3) is 4.44. The fourth-order valence-corrected chi connectivity index (χ4v) is 4.03. The van der Waals surface area contributed by atoms with Gasteiger partial charge in [0.05, 0.1) is 0 Å². The summed E-state index contributed by atoms with van der Waals surface area (Å²) in [4.78, 5) is 0. The first-order valence-corrected chi connectivity index (χ1v) is 8.36. The molecular weight excluding hydrogens is 234 g/mol. The first kappa shape index (κ1) is 15.3. The SMILES string of the molecule is CC(C)CC1CCCC(CN)(NN2CCCCC2)C1. The third-order valence-electron chi connectivity index (χ3n) is 4.89. The standard InChI is InChI=1S/C16H33N3/c1-14(2)11-15-7-6-8-16(12-15,13-17)18-19-9-4-3-5-10-19/h14-15,18H,3-13,17H2,1-2H3. The Balaban J connectivity index is 1.91. The van der Waals surface area contributed by atoms with Gasteiger partial charge < -0.3 is 5.73 Å². The van der Waals surface area contributed by atoms with Crippen LogP contribution in [0.2, 0.25) is 0 Å². The van der Waals surface area contributed by atoms with Gasteiger partial charge in [-0.2, -0.15) is 0 Å². The van der Waals surface area contributed by atoms with Crippen LogP contribution >= 0.6 is 0 Å². The Kier molecular flexibility index (Phi) is 5.67. The normalized spacial score (nSPS) is 33.8. The van der Waals surface area contributed by atoms with E-state index in [0.29, 0.717) is 0 Å². The van der Waals surface area contributed by atoms with Gasteiger partial charge in [0.25, 0.3) is 0 Å². The molecule has 2 rings (SSSR count). The van der Waals surface area contributed by atoms with Crippen LogP contribution in [-0.2, 0) is 0 Å². The monoisotopic (exact) mass is 267 g/mol. The van der Waals surface area contributed by atoms with Gasteiger partial charge in [0.15, 0.2) is 0 Å². The van der Waals surface area contributed by atoms with Crippen LogP contribution in [0.25, 0.3) is 0 Å². The molecule has 1 aliphatic carbocycles. The van der Waals surface area contributed by atoms with E-state index in [-0.39, 0.29) is 5.54 Å². The van der Waals surface area contributed by atoms with Crippen molar-refractivity contribution >= 4 is 0 Å². The molecule has 2 unspecified atom stereocenters. The van der Waals surface area contributed by atoms with Crippen LogP contribution in [0.3, 0.4) is 0 Å². The van der Waals surface area contributed by atoms with Gasteiger partial charge in [-0.1, -0.05) is 33.1 Å². The molecule has 1 saturated carbocycles. The zero-order valence-electron chi connectivity index (χ0n) is 13.0. The Morgan fingerprint density at radius 3 is 2.58 bits per heavy atom. The van der Waals surface area contributed by atoms with Crippen molar-refractivity contribution in [2.75, 3.05) is 19.6 Å². The first-order valence-electron chi connectivity index (χ1n) is 8.36. The highest BCUT2D eigenvalue weighted by Crippen LogP contribution is 2.35. The minimum absolute atomic E-state index is 0.190. The van der Waals surface area contributed by atoms with E-state index in [9.17, 15) is 0 Å². The zero-order valence-corrected chi connectivity index (χ0v) is 13.0. The van der Waals surface area contributed by atoms with Gasteiger partial charge in [0.2, 0.25) is 0 Å². The molecule has 0 aromatic carbocycles. The smallest absolute Gasteiger partial charge is 0.0450 e. The first-order chi connectivity index (χ1) is 9.13. The Morgan fingerprint density at radius 2 is 1.95 bits per heavy atom. The van der Waals surface area contributed by atoms with Crippen LogP contribution in [-0.4, -0.2) is 30.2 Å². The number of nitrogens with two attached hydrogens (primary N) is 1. The van der Waals surface area contributed by atoms with Crippen molar-refractivity contribution in [3.8, 4) is 0 Å². The number of hydrazine groups is 1. The fraction of sp³-hybridized carbons (Fsp3) is 1.00. The van der Waals surface area contributed by atoms with Gasteiger partial charge in [-0.25, -0.2) is 10.4 Å². The second-order valence-corrected chi connectivity index (χ2v) is 7.24. The molecule has 3 nitrogen and oxygen atoms in total. The van der Waals surface area contributed by atoms with Gasteiger partial charge >= 0.3 is 0 Å². The molecule has 0 bridgehead atoms. The Labute approximate surface area is 119 Å². The molecule has 0 spiro atoms. The highest BCUT2D eigenvalue weighted by atomic mass is 15.5. The van der Waals surface area contributed by atoms with Gasteiger partial charge in [-0.05, 0) is 43.9 Å². The minimum atomic E-state index is 0.190. The van der Waals surface area contributed by atoms with Crippen molar-refractivity contribution in [3.05, 3.63) is 0 Å². The molecule has 2 fully saturated rings. The number of hydrogen-bond acceptors (Lipinski definition) is 3. The van der Waals surface area contributed by atoms with E-state index in [1.807, 2.05) is 0 Å². The lowest BCUT2D eigenvalue weighted by atomic mass is 9.73. The molecule has 3 N–H and O–H groups in total. The largest absolute Gasteiger partial charge is 0.329 e. The molecule has 2 aliphatic rings. The molecule has 0 amide bonds. The topological polar surface area (TPSA) is 41.3 Å². The van der Waals surface area contributed by atoms with Crippen LogP contribution < -0.4 is 11.2 Å². The van der Waals surface area contributed by atoms with E-state index in [4.69, 9.17) is 5.73 Å². The molecule has 0 aromatic heterocycles. The predicted octanol–water partition coefficient (Wildman–Crippen LogP) is 2.91. The second kappa shape index (κ2) is 7.05. The van der Waals surface area contributed by atoms with Crippen molar-refractivity contribution in [3.63, 3.8) is 0 Å². The number of rotatable bonds is 5. The highest BCUT2D eigenvalue weighted by Gasteiger charge is 2.36. The maximum atomic E-state index is 6.16. The summed E-state index contributed by atoms with van der Waals surface area (Å²) in [5.41, 5.74) is 10.2. The maximum absolute atomic E-state index is 6.16. The summed E-state index contributed by atoms with van der Waals surface area (Å²) < 4.78 is 0. The molecule has 0 aromatic rings. The summed E-state index contributed by atoms with van der Waals surface area (Å²) >= 11 is 0. The molecule has 0 radical (unpaired) electrons. The highest BCUT2D eigenvalue weighted by molar-refractivity contribution is 4.94. The van der Waals surface area contributed by atoms with E-state index in [1.165, 1.54) is 64.5 Å². The Morgan fingerprint density at radius 1 is 1.21 bits per heavy atom. The number of piperidine rings is 1. The molecule has 1 heterocycles. The molecule has 1 saturated heterocycles. The van der Waals surface area contributed by atoms with Crippen molar-refractivity contribution in [1.82, 2.24) is 10.4 Å². The molecule has 3 heteroatoms. The number of nitrogens with zero attached hydrogens (tertiary/aromatic N) is 1. The van der Waals surface area contributed by atoms with Gasteiger partial charge in [-0.15, -0.1) is 0 Å². The zero-order chi connectivity index (χ0) is 13.7. The summed E-state index contributed by atoms with van der Waals surface area (Å²) in [5.74, 6) is 1.68. The van der Waals surface area contributed by atoms with Crippen LogP contribution in [0.5, 0.6) is 0 Å². The van der Waals surface area contributed by atoms with Crippen LogP contribution in [0.1, 0.15) is 65.2 Å². The molecule has 2 atom stereocenters. The van der Waals surface area contributed by atoms with Crippen molar-refractivity contribution in [1.29, 1.82) is 0 Å². The summed E-state index contributed by atoms with van der Waals surface area (Å²) in [7, 11) is 0. The lowest BCUT2D eigenvalue weighted by molar-refractivity contribution is 0.0442. The average molecular weight is 267 g/mol. The molecule has 1 aliphatic heterocycles. The number of hydrogen-bond donors (Lipinski definition) is 2. The summed E-state index contributed by atoms with van der Waals surface area (Å²) in [6.45, 7) is 7.89. The van der Waals surface area contributed by atoms with Gasteiger partial charge in [0, 0.05) is 25.2 Å². The van der Waals surface area contributed by atoms with Crippen molar-refractivity contribution in [2.45, 2.75) is 70.8 Å². The second-order valence-electron chi connectivity index (χ2n) is 7.24. The predicted molar refractivity (Wildman–Crippen MR) is 81.8 cm³/mol. The average Bonchev–Trinajstić information content (AvgIpc) is 2.39. The number of nitrogens with one attached hydrogen (secondary N) is 1. The van der Waals surface area contributed by atoms with Gasteiger partial charge in [0.1, 0.15) is 0 Å². The Hall–Kier alpha value is -0.120. The third-order valence-corrected chi connectivity index (χ3v) is 4.89. The van der Waals surface area contributed by atoms with E-state index >= 15 is 0 Å². The lowest BCUT2D eigenvalue weighted by Gasteiger charge is -2.45. The van der Waals surface area contributed by atoms with E-state index in [0.717, 1.165) is 18.4 Å². The maximum Gasteiger partial charge on any atom is 0.0450 e. The van der Waals surface area contributed by atoms with Crippen molar-refractivity contribution in [2.24, 2.45) is 17.6 Å². The summed E-state index contributed by atoms with van der Waals surface area (Å²) in [5, 5.41) is 2.45. The fourth-order valence-electron chi connectivity index (χ4n) is 4.03. The van der Waals surface area contributed by atoms with Crippen LogP contribution in [0.15, 0.2) is 0 Å². The minimum Gasteiger partial charge on any atom is -0.329 e. The summed E-state index contributed by atoms with van der Waals surface area (Å²) in [6.07, 6.45) is 10.7. The van der Waals surface area contributed by atoms with E-state index in [2.05, 4.69) is 24.3 Å². The molecular formula is C16H33N3. The van der Waals surface area contributed by atoms with Crippen LogP contribution in [0.4, 0.5) is 0 Å². The van der Waals surface area contributed by atoms with Crippen molar-refractivity contribution < 1.29 is 0 Å². The quantitative estimate of drug-likeness (QED) is 0.805. The lowest BCUT2D eigenvalue weighted by Crippen LogP contribution is -2.61. The summed E-state index contributed by atoms with van der Waals surface area (Å²) in [6, 6.07) is 0. The molecule has 19 heavy (non-hydrogen) atoms.